The average Bonchev–Trinajstić information content (AvgIpc) is 3.31. The third-order valence-electron chi connectivity index (χ3n) is 6.99. The highest BCUT2D eigenvalue weighted by Gasteiger charge is 2.25. The summed E-state index contributed by atoms with van der Waals surface area (Å²) in [6, 6.07) is 15.4. The molecule has 0 fully saturated rings. The molecule has 0 spiro atoms. The molecule has 1 unspecified atom stereocenters. The van der Waals surface area contributed by atoms with Crippen molar-refractivity contribution >= 4 is 39.2 Å². The van der Waals surface area contributed by atoms with Crippen LogP contribution < -0.4 is 20.3 Å². The number of thioether (sulfide) groups is 1. The van der Waals surface area contributed by atoms with Crippen molar-refractivity contribution in [2.24, 2.45) is 5.92 Å². The Balaban J connectivity index is 1.30. The van der Waals surface area contributed by atoms with Crippen LogP contribution in [0.4, 0.5) is 0 Å². The topological polar surface area (TPSA) is 82.5 Å². The normalized spacial score (nSPS) is 14.6. The number of rotatable bonds is 11. The summed E-state index contributed by atoms with van der Waals surface area (Å²) in [4.78, 5) is 33.7. The molecule has 0 saturated carbocycles. The van der Waals surface area contributed by atoms with Crippen molar-refractivity contribution in [3.05, 3.63) is 74.9 Å². The van der Waals surface area contributed by atoms with Gasteiger partial charge in [-0.15, -0.1) is 11.3 Å². The maximum Gasteiger partial charge on any atom is 0.267 e. The lowest BCUT2D eigenvalue weighted by Crippen LogP contribution is -2.28. The van der Waals surface area contributed by atoms with Crippen LogP contribution in [-0.2, 0) is 24.1 Å². The van der Waals surface area contributed by atoms with Crippen LogP contribution in [0.2, 0.25) is 0 Å². The molecule has 2 aromatic heterocycles. The molecule has 4 aromatic rings. The molecule has 5 rings (SSSR count). The van der Waals surface area contributed by atoms with Gasteiger partial charge in [-0.3, -0.25) is 14.2 Å². The van der Waals surface area contributed by atoms with E-state index in [0.29, 0.717) is 43.0 Å². The molecule has 1 amide bonds. The van der Waals surface area contributed by atoms with E-state index in [2.05, 4.69) is 12.2 Å². The zero-order valence-corrected chi connectivity index (χ0v) is 24.8. The van der Waals surface area contributed by atoms with Crippen LogP contribution >= 0.6 is 23.1 Å². The maximum absolute atomic E-state index is 13.9. The Kier molecular flexibility index (Phi) is 9.11. The summed E-state index contributed by atoms with van der Waals surface area (Å²) >= 11 is 2.93. The summed E-state index contributed by atoms with van der Waals surface area (Å²) in [6.07, 6.45) is 3.66. The number of nitrogens with zero attached hydrogens (tertiary/aromatic N) is 2. The smallest absolute Gasteiger partial charge is 0.267 e. The summed E-state index contributed by atoms with van der Waals surface area (Å²) < 4.78 is 13.0. The molecule has 1 aliphatic carbocycles. The summed E-state index contributed by atoms with van der Waals surface area (Å²) in [5, 5.41) is 4.29. The fraction of sp³-hybridized carbons (Fsp3) is 0.387. The van der Waals surface area contributed by atoms with Crippen molar-refractivity contribution in [1.29, 1.82) is 0 Å². The second kappa shape index (κ2) is 12.9. The third kappa shape index (κ3) is 6.20. The lowest BCUT2D eigenvalue weighted by molar-refractivity contribution is -0.118. The molecule has 2 heterocycles. The van der Waals surface area contributed by atoms with Crippen molar-refractivity contribution in [2.75, 3.05) is 25.5 Å². The monoisotopic (exact) mass is 577 g/mol. The van der Waals surface area contributed by atoms with E-state index in [4.69, 9.17) is 14.5 Å². The van der Waals surface area contributed by atoms with E-state index in [1.807, 2.05) is 62.4 Å². The average molecular weight is 578 g/mol. The zero-order chi connectivity index (χ0) is 28.1. The van der Waals surface area contributed by atoms with Gasteiger partial charge in [0, 0.05) is 11.4 Å². The number of aromatic nitrogens is 2. The van der Waals surface area contributed by atoms with Crippen LogP contribution in [0, 0.1) is 5.92 Å². The highest BCUT2D eigenvalue weighted by Crippen LogP contribution is 2.37. The van der Waals surface area contributed by atoms with E-state index in [9.17, 15) is 9.59 Å². The molecule has 210 valence electrons. The minimum absolute atomic E-state index is 0.0493. The van der Waals surface area contributed by atoms with E-state index < -0.39 is 0 Å². The van der Waals surface area contributed by atoms with Crippen molar-refractivity contribution in [3.63, 3.8) is 0 Å². The highest BCUT2D eigenvalue weighted by atomic mass is 32.2. The molecule has 2 aromatic carbocycles. The lowest BCUT2D eigenvalue weighted by atomic mass is 9.89. The van der Waals surface area contributed by atoms with E-state index in [1.54, 1.807) is 15.9 Å². The number of para-hydroxylation sites is 1. The van der Waals surface area contributed by atoms with Gasteiger partial charge in [0.15, 0.2) is 16.7 Å². The molecule has 0 radical (unpaired) electrons. The molecule has 40 heavy (non-hydrogen) atoms. The van der Waals surface area contributed by atoms with Gasteiger partial charge in [-0.2, -0.15) is 0 Å². The molecule has 0 bridgehead atoms. The molecule has 1 N–H and O–H groups in total. The Morgan fingerprint density at radius 1 is 1.12 bits per heavy atom. The summed E-state index contributed by atoms with van der Waals surface area (Å²) in [5.41, 5.74) is 2.93. The first-order valence-corrected chi connectivity index (χ1v) is 15.7. The Morgan fingerprint density at radius 3 is 2.67 bits per heavy atom. The van der Waals surface area contributed by atoms with E-state index in [-0.39, 0.29) is 17.2 Å². The van der Waals surface area contributed by atoms with Gasteiger partial charge in [0.05, 0.1) is 30.0 Å². The molecule has 1 aliphatic rings. The van der Waals surface area contributed by atoms with Crippen LogP contribution in [0.1, 0.15) is 43.2 Å². The minimum atomic E-state index is -0.103. The van der Waals surface area contributed by atoms with Crippen LogP contribution in [-0.4, -0.2) is 41.0 Å². The van der Waals surface area contributed by atoms with Crippen LogP contribution in [0.25, 0.3) is 15.9 Å². The van der Waals surface area contributed by atoms with Gasteiger partial charge in [0.2, 0.25) is 5.91 Å². The second-order valence-corrected chi connectivity index (χ2v) is 12.0. The SMILES string of the molecule is CCOc1ccc(CCNC(=O)CSc2nc3sc4c(c3c(=O)n2-c2ccccc2)CCC(C)C4)cc1OCC. The number of amides is 1. The predicted octanol–water partition coefficient (Wildman–Crippen LogP) is 5.82. The van der Waals surface area contributed by atoms with E-state index >= 15 is 0 Å². The van der Waals surface area contributed by atoms with Gasteiger partial charge < -0.3 is 14.8 Å². The number of nitrogens with one attached hydrogen (secondary N) is 1. The first-order chi connectivity index (χ1) is 19.5. The second-order valence-electron chi connectivity index (χ2n) is 9.94. The number of carbonyl (C=O) groups excluding carboxylic acids is 1. The quantitative estimate of drug-likeness (QED) is 0.179. The Hall–Kier alpha value is -3.30. The number of fused-ring (bicyclic) bond motifs is 3. The molecular weight excluding hydrogens is 542 g/mol. The van der Waals surface area contributed by atoms with Gasteiger partial charge in [0.1, 0.15) is 4.83 Å². The van der Waals surface area contributed by atoms with Crippen molar-refractivity contribution in [2.45, 2.75) is 51.6 Å². The number of aryl methyl sites for hydroxylation is 1. The molecule has 0 aliphatic heterocycles. The third-order valence-corrected chi connectivity index (χ3v) is 9.08. The number of hydrogen-bond donors (Lipinski definition) is 1. The molecule has 7 nitrogen and oxygen atoms in total. The largest absolute Gasteiger partial charge is 0.490 e. The predicted molar refractivity (Wildman–Crippen MR) is 163 cm³/mol. The number of hydrogen-bond acceptors (Lipinski definition) is 7. The van der Waals surface area contributed by atoms with Crippen LogP contribution in [0.5, 0.6) is 11.5 Å². The fourth-order valence-electron chi connectivity index (χ4n) is 5.05. The Bertz CT molecular complexity index is 1550. The van der Waals surface area contributed by atoms with Gasteiger partial charge in [-0.1, -0.05) is 43.0 Å². The van der Waals surface area contributed by atoms with Gasteiger partial charge in [-0.25, -0.2) is 4.98 Å². The molecular formula is C31H35N3O4S2. The van der Waals surface area contributed by atoms with Crippen molar-refractivity contribution in [3.8, 4) is 17.2 Å². The van der Waals surface area contributed by atoms with Gasteiger partial charge >= 0.3 is 0 Å². The number of benzene rings is 2. The minimum Gasteiger partial charge on any atom is -0.490 e. The first kappa shape index (κ1) is 28.2. The maximum atomic E-state index is 13.9. The molecule has 0 saturated heterocycles. The van der Waals surface area contributed by atoms with E-state index in [1.165, 1.54) is 16.6 Å². The summed E-state index contributed by atoms with van der Waals surface area (Å²) in [6.45, 7) is 7.76. The number of carbonyl (C=O) groups is 1. The highest BCUT2D eigenvalue weighted by molar-refractivity contribution is 7.99. The standard InChI is InChI=1S/C31H35N3O4S2/c1-4-37-24-14-12-21(18-25(24)38-5-2)15-16-32-27(35)19-39-31-33-29-28(23-13-11-20(3)17-26(23)40-29)30(36)34(31)22-9-7-6-8-10-22/h6-10,12,14,18,20H,4-5,11,13,15-17,19H2,1-3H3,(H,32,35). The number of thiophene rings is 1. The Labute approximate surface area is 242 Å². The van der Waals surface area contributed by atoms with Gasteiger partial charge in [0.25, 0.3) is 5.56 Å². The van der Waals surface area contributed by atoms with E-state index in [0.717, 1.165) is 52.0 Å². The Morgan fingerprint density at radius 2 is 1.90 bits per heavy atom. The van der Waals surface area contributed by atoms with Gasteiger partial charge in [-0.05, 0) is 80.8 Å². The first-order valence-electron chi connectivity index (χ1n) is 13.9. The summed E-state index contributed by atoms with van der Waals surface area (Å²) in [5.74, 6) is 2.12. The van der Waals surface area contributed by atoms with Crippen LogP contribution in [0.3, 0.4) is 0 Å². The lowest BCUT2D eigenvalue weighted by Gasteiger charge is -2.17. The number of ether oxygens (including phenoxy) is 2. The zero-order valence-electron chi connectivity index (χ0n) is 23.2. The van der Waals surface area contributed by atoms with Crippen molar-refractivity contribution < 1.29 is 14.3 Å². The fourth-order valence-corrected chi connectivity index (χ4v) is 7.32. The van der Waals surface area contributed by atoms with Crippen LogP contribution in [0.15, 0.2) is 58.5 Å². The molecule has 9 heteroatoms. The van der Waals surface area contributed by atoms with Crippen molar-refractivity contribution in [1.82, 2.24) is 14.9 Å². The molecule has 1 atom stereocenters. The summed E-state index contributed by atoms with van der Waals surface area (Å²) in [7, 11) is 0.